The van der Waals surface area contributed by atoms with Gasteiger partial charge in [-0.1, -0.05) is 53.7 Å². The van der Waals surface area contributed by atoms with E-state index in [2.05, 4.69) is 11.4 Å². The Kier molecular flexibility index (Phi) is 9.38. The molecular weight excluding hydrogens is 406 g/mol. The lowest BCUT2D eigenvalue weighted by atomic mass is 9.74. The van der Waals surface area contributed by atoms with E-state index in [0.717, 1.165) is 35.3 Å². The van der Waals surface area contributed by atoms with Gasteiger partial charge in [0.2, 0.25) is 0 Å². The van der Waals surface area contributed by atoms with Crippen LogP contribution in [0, 0.1) is 26.6 Å². The molecule has 0 aromatic heterocycles. The maximum atomic E-state index is 13.3. The molecule has 2 aromatic rings. The number of benzene rings is 2. The van der Waals surface area contributed by atoms with Crippen molar-refractivity contribution in [3.05, 3.63) is 70.0 Å². The Balaban J connectivity index is 0.000000233. The summed E-state index contributed by atoms with van der Waals surface area (Å²) in [4.78, 5) is 12.2. The summed E-state index contributed by atoms with van der Waals surface area (Å²) in [6.07, 6.45) is 3.64. The lowest BCUT2D eigenvalue weighted by Gasteiger charge is -2.32. The molecule has 3 rings (SSSR count). The molecule has 1 atom stereocenters. The van der Waals surface area contributed by atoms with E-state index in [9.17, 15) is 13.7 Å². The molecule has 0 bridgehead atoms. The summed E-state index contributed by atoms with van der Waals surface area (Å²) in [5, 5.41) is 3.59. The quantitative estimate of drug-likeness (QED) is 0.549. The van der Waals surface area contributed by atoms with E-state index >= 15 is 0 Å². The third-order valence-corrected chi connectivity index (χ3v) is 6.64. The average molecular weight is 445 g/mol. The molecule has 5 heteroatoms. The van der Waals surface area contributed by atoms with Crippen molar-refractivity contribution < 1.29 is 13.7 Å². The monoisotopic (exact) mass is 444 g/mol. The van der Waals surface area contributed by atoms with Crippen LogP contribution >= 0.6 is 0 Å². The molecular formula is C27H38F2N2O. The van der Waals surface area contributed by atoms with Crippen molar-refractivity contribution in [1.82, 2.24) is 10.4 Å². The largest absolute Gasteiger partial charge is 0.316 e. The van der Waals surface area contributed by atoms with Crippen molar-refractivity contribution in [2.75, 3.05) is 20.1 Å². The minimum atomic E-state index is -0.750. The van der Waals surface area contributed by atoms with E-state index in [1.807, 2.05) is 52.8 Å². The minimum Gasteiger partial charge on any atom is -0.316 e. The maximum absolute atomic E-state index is 13.3. The van der Waals surface area contributed by atoms with Crippen LogP contribution in [0.15, 0.2) is 36.4 Å². The second kappa shape index (κ2) is 11.6. The number of likely N-dealkylation sites (N-methyl/N-ethyl adjacent to an activating group) is 1. The van der Waals surface area contributed by atoms with Gasteiger partial charge in [-0.15, -0.1) is 0 Å². The number of aryl methyl sites for hydroxylation is 3. The number of piperidine rings is 1. The highest BCUT2D eigenvalue weighted by atomic mass is 19.2. The van der Waals surface area contributed by atoms with Crippen LogP contribution in [0.25, 0.3) is 0 Å². The average Bonchev–Trinajstić information content (AvgIpc) is 2.75. The number of carbonyl (C=O) groups excluding carboxylic acids is 1. The highest BCUT2D eigenvalue weighted by molar-refractivity contribution is 5.87. The predicted molar refractivity (Wildman–Crippen MR) is 128 cm³/mol. The second-order valence-corrected chi connectivity index (χ2v) is 8.99. The lowest BCUT2D eigenvalue weighted by Crippen LogP contribution is -2.41. The molecule has 1 aliphatic rings. The van der Waals surface area contributed by atoms with Crippen LogP contribution in [0.3, 0.4) is 0 Å². The summed E-state index contributed by atoms with van der Waals surface area (Å²) < 4.78 is 26.2. The van der Waals surface area contributed by atoms with E-state index in [-0.39, 0.29) is 10.9 Å². The molecule has 1 N–H and O–H groups in total. The van der Waals surface area contributed by atoms with Gasteiger partial charge < -0.3 is 5.32 Å². The van der Waals surface area contributed by atoms with Gasteiger partial charge in [-0.3, -0.25) is 4.79 Å². The number of hydrogen-bond acceptors (Lipinski definition) is 2. The summed E-state index contributed by atoms with van der Waals surface area (Å²) >= 11 is 0. The van der Waals surface area contributed by atoms with Gasteiger partial charge in [0.05, 0.1) is 5.41 Å². The van der Waals surface area contributed by atoms with Crippen molar-refractivity contribution in [1.29, 1.82) is 0 Å². The molecule has 2 aromatic carbocycles. The normalized spacial score (nSPS) is 16.2. The first-order chi connectivity index (χ1) is 15.1. The molecule has 0 saturated carbocycles. The van der Waals surface area contributed by atoms with E-state index in [1.165, 1.54) is 25.5 Å². The predicted octanol–water partition coefficient (Wildman–Crippen LogP) is 6.31. The van der Waals surface area contributed by atoms with Crippen LogP contribution in [-0.2, 0) is 10.2 Å². The molecule has 1 amide bonds. The summed E-state index contributed by atoms with van der Waals surface area (Å²) in [5.41, 5.74) is 4.76. The Bertz CT molecular complexity index is 880. The first-order valence-electron chi connectivity index (χ1n) is 11.6. The number of amides is 1. The van der Waals surface area contributed by atoms with Gasteiger partial charge in [-0.05, 0) is 87.7 Å². The van der Waals surface area contributed by atoms with Crippen LogP contribution < -0.4 is 5.32 Å². The smallest absolute Gasteiger partial charge is 0.260 e. The molecule has 176 valence electrons. The highest BCUT2D eigenvalue weighted by Crippen LogP contribution is 2.35. The highest BCUT2D eigenvalue weighted by Gasteiger charge is 2.39. The molecule has 0 aliphatic carbocycles. The second-order valence-electron chi connectivity index (χ2n) is 8.99. The van der Waals surface area contributed by atoms with Crippen LogP contribution in [0.1, 0.15) is 73.3 Å². The molecule has 0 unspecified atom stereocenters. The number of carbonyl (C=O) groups is 1. The zero-order chi connectivity index (χ0) is 23.9. The van der Waals surface area contributed by atoms with E-state index < -0.39 is 11.3 Å². The van der Waals surface area contributed by atoms with Crippen molar-refractivity contribution in [2.24, 2.45) is 0 Å². The Morgan fingerprint density at radius 1 is 1.09 bits per heavy atom. The summed E-state index contributed by atoms with van der Waals surface area (Å²) in [6, 6.07) is 11.2. The van der Waals surface area contributed by atoms with Gasteiger partial charge in [0, 0.05) is 13.6 Å². The van der Waals surface area contributed by atoms with Crippen molar-refractivity contribution >= 4 is 5.91 Å². The fourth-order valence-corrected chi connectivity index (χ4v) is 4.84. The van der Waals surface area contributed by atoms with E-state index in [0.29, 0.717) is 18.8 Å². The Morgan fingerprint density at radius 3 is 2.19 bits per heavy atom. The number of hydrogen-bond donors (Lipinski definition) is 1. The minimum absolute atomic E-state index is 0.130. The fourth-order valence-electron chi connectivity index (χ4n) is 4.84. The SMILES string of the molecule is CCC(CC)(C(=O)N(C)F)c1cc(C)cc(C)c1.Cc1cc(F)ccc1[C@@H]1CCCNC1. The van der Waals surface area contributed by atoms with Crippen molar-refractivity contribution in [3.63, 3.8) is 0 Å². The Labute approximate surface area is 192 Å². The Hall–Kier alpha value is -2.27. The Morgan fingerprint density at radius 2 is 1.72 bits per heavy atom. The van der Waals surface area contributed by atoms with E-state index in [4.69, 9.17) is 0 Å². The molecule has 0 spiro atoms. The third kappa shape index (κ3) is 6.16. The van der Waals surface area contributed by atoms with Crippen molar-refractivity contribution in [3.8, 4) is 0 Å². The van der Waals surface area contributed by atoms with Gasteiger partial charge in [0.1, 0.15) is 5.82 Å². The van der Waals surface area contributed by atoms with Gasteiger partial charge >= 0.3 is 0 Å². The number of nitrogens with zero attached hydrogens (tertiary/aromatic N) is 1. The molecule has 1 fully saturated rings. The topological polar surface area (TPSA) is 32.3 Å². The van der Waals surface area contributed by atoms with Crippen LogP contribution in [0.4, 0.5) is 8.87 Å². The van der Waals surface area contributed by atoms with Crippen LogP contribution in [-0.4, -0.2) is 31.2 Å². The van der Waals surface area contributed by atoms with Gasteiger partial charge in [0.15, 0.2) is 0 Å². The fraction of sp³-hybridized carbons (Fsp3) is 0.519. The van der Waals surface area contributed by atoms with Crippen LogP contribution in [0.5, 0.6) is 0 Å². The lowest BCUT2D eigenvalue weighted by molar-refractivity contribution is -0.150. The molecule has 1 heterocycles. The zero-order valence-corrected chi connectivity index (χ0v) is 20.4. The molecule has 1 aliphatic heterocycles. The summed E-state index contributed by atoms with van der Waals surface area (Å²) in [5.74, 6) is -0.0168. The van der Waals surface area contributed by atoms with Gasteiger partial charge in [0.25, 0.3) is 5.91 Å². The number of nitrogens with one attached hydrogen (secondary N) is 1. The standard InChI is InChI=1S/C15H22FNO.C12H16FN/c1-6-15(7-2,14(18)17(5)16)13-9-11(3)8-12(4)10-13;1-9-7-11(13)4-5-12(9)10-3-2-6-14-8-10/h8-10H,6-7H2,1-5H3;4-5,7,10,14H,2-3,6,8H2,1H3/t;10-/m.1/s1. The molecule has 3 nitrogen and oxygen atoms in total. The first kappa shape index (κ1) is 26.0. The molecule has 0 radical (unpaired) electrons. The van der Waals surface area contributed by atoms with Crippen molar-refractivity contribution in [2.45, 2.75) is 71.6 Å². The molecule has 1 saturated heterocycles. The summed E-state index contributed by atoms with van der Waals surface area (Å²) in [7, 11) is 1.17. The number of halogens is 2. The molecule has 32 heavy (non-hydrogen) atoms. The van der Waals surface area contributed by atoms with E-state index in [1.54, 1.807) is 12.1 Å². The third-order valence-electron chi connectivity index (χ3n) is 6.64. The van der Waals surface area contributed by atoms with Gasteiger partial charge in [-0.2, -0.15) is 5.12 Å². The first-order valence-corrected chi connectivity index (χ1v) is 11.6. The maximum Gasteiger partial charge on any atom is 0.260 e. The number of rotatable bonds is 5. The van der Waals surface area contributed by atoms with Gasteiger partial charge in [-0.25, -0.2) is 4.39 Å². The summed E-state index contributed by atoms with van der Waals surface area (Å²) in [6.45, 7) is 12.0. The zero-order valence-electron chi connectivity index (χ0n) is 20.4. The van der Waals surface area contributed by atoms with Crippen LogP contribution in [0.2, 0.25) is 0 Å².